The third-order valence-electron chi connectivity index (χ3n) is 9.42. The topological polar surface area (TPSA) is 61.4 Å². The molecule has 0 atom stereocenters. The maximum absolute atomic E-state index is 5.33. The van der Waals surface area contributed by atoms with E-state index in [2.05, 4.69) is 100 Å². The summed E-state index contributed by atoms with van der Waals surface area (Å²) < 4.78 is 4.66. The van der Waals surface area contributed by atoms with Crippen LogP contribution in [0.3, 0.4) is 0 Å². The van der Waals surface area contributed by atoms with E-state index in [1.165, 1.54) is 16.0 Å². The Kier molecular flexibility index (Phi) is 5.90. The van der Waals surface area contributed by atoms with Gasteiger partial charge in [-0.3, -0.25) is 4.57 Å². The summed E-state index contributed by atoms with van der Waals surface area (Å²) in [6.45, 7) is 0. The predicted octanol–water partition coefficient (Wildman–Crippen LogP) is 8.15. The Hall–Kier alpha value is -6.40. The number of aromatic nitrogens is 6. The molecule has 6 heteroatoms. The van der Waals surface area contributed by atoms with Gasteiger partial charge in [-0.1, -0.05) is 121 Å². The highest BCUT2D eigenvalue weighted by molar-refractivity contribution is 6.18. The summed E-state index contributed by atoms with van der Waals surface area (Å²) in [6, 6.07) is 44.1. The van der Waals surface area contributed by atoms with Crippen LogP contribution in [0.2, 0.25) is 0 Å². The number of fused-ring (bicyclic) bond motifs is 8. The SMILES string of the molecule is C1=c2c(n(-c3ccccc3)c3c2ccc2c4ccccc4n(-c4nc(-c5ccccc5)c5ncc(-c6ccccc6)nc5n4)c23)=CCC1. The van der Waals surface area contributed by atoms with Gasteiger partial charge in [-0.25, -0.2) is 15.0 Å². The zero-order valence-electron chi connectivity index (χ0n) is 26.0. The van der Waals surface area contributed by atoms with Crippen molar-refractivity contribution in [3.8, 4) is 34.2 Å². The van der Waals surface area contributed by atoms with Crippen molar-refractivity contribution in [2.75, 3.05) is 0 Å². The van der Waals surface area contributed by atoms with Gasteiger partial charge >= 0.3 is 0 Å². The van der Waals surface area contributed by atoms with Gasteiger partial charge in [0.15, 0.2) is 5.65 Å². The van der Waals surface area contributed by atoms with Crippen molar-refractivity contribution in [2.45, 2.75) is 12.8 Å². The molecule has 5 aromatic carbocycles. The number of rotatable bonds is 4. The quantitative estimate of drug-likeness (QED) is 0.200. The van der Waals surface area contributed by atoms with Crippen molar-refractivity contribution >= 4 is 56.0 Å². The second kappa shape index (κ2) is 10.6. The molecule has 0 amide bonds. The average molecular weight is 617 g/mol. The Labute approximate surface area is 275 Å². The van der Waals surface area contributed by atoms with Gasteiger partial charge in [0.25, 0.3) is 0 Å². The molecular formula is C42H28N6. The molecule has 48 heavy (non-hydrogen) atoms. The lowest BCUT2D eigenvalue weighted by atomic mass is 10.1. The molecule has 0 fully saturated rings. The van der Waals surface area contributed by atoms with Crippen molar-refractivity contribution in [3.05, 3.63) is 144 Å². The van der Waals surface area contributed by atoms with E-state index in [0.29, 0.717) is 17.1 Å². The van der Waals surface area contributed by atoms with Crippen molar-refractivity contribution in [3.63, 3.8) is 0 Å². The normalized spacial score (nSPS) is 12.8. The minimum absolute atomic E-state index is 0.553. The summed E-state index contributed by atoms with van der Waals surface area (Å²) in [5.41, 5.74) is 9.08. The maximum atomic E-state index is 5.33. The molecule has 4 heterocycles. The second-order valence-corrected chi connectivity index (χ2v) is 12.2. The van der Waals surface area contributed by atoms with Gasteiger partial charge in [-0.15, -0.1) is 0 Å². The fourth-order valence-corrected chi connectivity index (χ4v) is 7.32. The molecule has 1 aliphatic rings. The highest BCUT2D eigenvalue weighted by Gasteiger charge is 2.23. The van der Waals surface area contributed by atoms with Crippen LogP contribution >= 0.6 is 0 Å². The second-order valence-electron chi connectivity index (χ2n) is 12.2. The molecule has 1 aliphatic carbocycles. The van der Waals surface area contributed by atoms with Gasteiger partial charge in [0.05, 0.1) is 28.4 Å². The molecule has 4 aromatic heterocycles. The fraction of sp³-hybridized carbons (Fsp3) is 0.0476. The lowest BCUT2D eigenvalue weighted by molar-refractivity contribution is 0.991. The van der Waals surface area contributed by atoms with Crippen LogP contribution in [0.15, 0.2) is 134 Å². The number of hydrogen-bond acceptors (Lipinski definition) is 4. The number of nitrogens with zero attached hydrogens (tertiary/aromatic N) is 6. The number of para-hydroxylation sites is 2. The van der Waals surface area contributed by atoms with E-state index in [0.717, 1.165) is 68.4 Å². The first-order chi connectivity index (χ1) is 23.8. The third kappa shape index (κ3) is 3.99. The maximum Gasteiger partial charge on any atom is 0.237 e. The van der Waals surface area contributed by atoms with Crippen molar-refractivity contribution in [1.29, 1.82) is 0 Å². The molecule has 0 unspecified atom stereocenters. The highest BCUT2D eigenvalue weighted by Crippen LogP contribution is 2.37. The molecule has 9 aromatic rings. The fourth-order valence-electron chi connectivity index (χ4n) is 7.32. The smallest absolute Gasteiger partial charge is 0.237 e. The molecule has 0 saturated heterocycles. The summed E-state index contributed by atoms with van der Waals surface area (Å²) in [6.07, 6.45) is 8.62. The zero-order valence-corrected chi connectivity index (χ0v) is 26.0. The number of benzene rings is 5. The summed E-state index contributed by atoms with van der Waals surface area (Å²) >= 11 is 0. The van der Waals surface area contributed by atoms with Gasteiger partial charge in [0.1, 0.15) is 11.2 Å². The van der Waals surface area contributed by atoms with Crippen LogP contribution < -0.4 is 10.6 Å². The molecule has 0 saturated carbocycles. The lowest BCUT2D eigenvalue weighted by Crippen LogP contribution is -2.30. The number of hydrogen-bond donors (Lipinski definition) is 0. The van der Waals surface area contributed by atoms with Crippen LogP contribution in [-0.4, -0.2) is 29.1 Å². The van der Waals surface area contributed by atoms with Crippen LogP contribution in [0.5, 0.6) is 0 Å². The van der Waals surface area contributed by atoms with Crippen molar-refractivity contribution in [1.82, 2.24) is 29.1 Å². The average Bonchev–Trinajstić information content (AvgIpc) is 3.68. The van der Waals surface area contributed by atoms with E-state index in [1.54, 1.807) is 0 Å². The Morgan fingerprint density at radius 3 is 2.00 bits per heavy atom. The predicted molar refractivity (Wildman–Crippen MR) is 195 cm³/mol. The van der Waals surface area contributed by atoms with Crippen molar-refractivity contribution < 1.29 is 0 Å². The Morgan fingerprint density at radius 1 is 0.521 bits per heavy atom. The monoisotopic (exact) mass is 616 g/mol. The largest absolute Gasteiger partial charge is 0.308 e. The van der Waals surface area contributed by atoms with Gasteiger partial charge < -0.3 is 4.57 Å². The van der Waals surface area contributed by atoms with Crippen molar-refractivity contribution in [2.24, 2.45) is 0 Å². The van der Waals surface area contributed by atoms with Gasteiger partial charge in [0.2, 0.25) is 5.95 Å². The summed E-state index contributed by atoms with van der Waals surface area (Å²) in [5.74, 6) is 0.561. The summed E-state index contributed by atoms with van der Waals surface area (Å²) in [4.78, 5) is 20.6. The summed E-state index contributed by atoms with van der Waals surface area (Å²) in [5, 5.41) is 6.03. The molecule has 10 rings (SSSR count). The standard InChI is InChI=1S/C42H28N6/c1-4-14-27(15-5-1)34-26-43-38-37(28-16-6-2-7-17-28)45-42(46-41(38)44-34)48-36-23-13-11-21-31(36)33-25-24-32-30-20-10-12-22-35(30)47(39(32)40(33)48)29-18-8-3-9-19-29/h1-9,11,13-26H,10,12H2. The van der Waals surface area contributed by atoms with E-state index in [-0.39, 0.29) is 0 Å². The minimum Gasteiger partial charge on any atom is -0.308 e. The lowest BCUT2D eigenvalue weighted by Gasteiger charge is -2.13. The van der Waals surface area contributed by atoms with E-state index < -0.39 is 0 Å². The van der Waals surface area contributed by atoms with Gasteiger partial charge in [-0.05, 0) is 31.0 Å². The van der Waals surface area contributed by atoms with E-state index in [1.807, 2.05) is 54.7 Å². The van der Waals surface area contributed by atoms with Gasteiger partial charge in [0, 0.05) is 43.5 Å². The Balaban J connectivity index is 1.38. The molecular weight excluding hydrogens is 589 g/mol. The third-order valence-corrected chi connectivity index (χ3v) is 9.42. The first kappa shape index (κ1) is 26.8. The van der Waals surface area contributed by atoms with E-state index >= 15 is 0 Å². The van der Waals surface area contributed by atoms with E-state index in [9.17, 15) is 0 Å². The van der Waals surface area contributed by atoms with Crippen LogP contribution in [-0.2, 0) is 0 Å². The first-order valence-corrected chi connectivity index (χ1v) is 16.3. The first-order valence-electron chi connectivity index (χ1n) is 16.3. The molecule has 0 bridgehead atoms. The van der Waals surface area contributed by atoms with Crippen LogP contribution in [0.25, 0.3) is 90.2 Å². The molecule has 6 nitrogen and oxygen atoms in total. The molecule has 0 N–H and O–H groups in total. The molecule has 0 radical (unpaired) electrons. The zero-order chi connectivity index (χ0) is 31.6. The minimum atomic E-state index is 0.553. The van der Waals surface area contributed by atoms with Crippen LogP contribution in [0.4, 0.5) is 0 Å². The Bertz CT molecular complexity index is 2820. The molecule has 0 spiro atoms. The van der Waals surface area contributed by atoms with Crippen LogP contribution in [0.1, 0.15) is 12.8 Å². The molecule has 0 aliphatic heterocycles. The van der Waals surface area contributed by atoms with Crippen LogP contribution in [0, 0.1) is 0 Å². The summed E-state index contributed by atoms with van der Waals surface area (Å²) in [7, 11) is 0. The van der Waals surface area contributed by atoms with Gasteiger partial charge in [-0.2, -0.15) is 4.98 Å². The highest BCUT2D eigenvalue weighted by atomic mass is 15.2. The van der Waals surface area contributed by atoms with E-state index in [4.69, 9.17) is 19.9 Å². The Morgan fingerprint density at radius 2 is 1.19 bits per heavy atom. The molecule has 226 valence electrons.